The molecule has 0 spiro atoms. The molecule has 2 aliphatic rings. The maximum atomic E-state index is 13.2. The Morgan fingerprint density at radius 1 is 1.33 bits per heavy atom. The Morgan fingerprint density at radius 3 is 2.70 bits per heavy atom. The van der Waals surface area contributed by atoms with Gasteiger partial charge in [0.15, 0.2) is 0 Å². The fraction of sp³-hybridized carbons (Fsp3) is 0.667. The predicted octanol–water partition coefficient (Wildman–Crippen LogP) is 1.97. The number of carbonyl (C=O) groups is 1. The van der Waals surface area contributed by atoms with E-state index in [4.69, 9.17) is 0 Å². The zero-order chi connectivity index (χ0) is 19.8. The fourth-order valence-electron chi connectivity index (χ4n) is 3.69. The minimum atomic E-state index is -3.25. The molecule has 0 radical (unpaired) electrons. The predicted molar refractivity (Wildman–Crippen MR) is 109 cm³/mol. The molecule has 0 bridgehead atoms. The number of sulfonamides is 1. The van der Waals surface area contributed by atoms with Crippen LogP contribution in [-0.4, -0.2) is 64.5 Å². The van der Waals surface area contributed by atoms with Crippen LogP contribution >= 0.6 is 11.8 Å². The molecular weight excluding hydrogens is 384 g/mol. The van der Waals surface area contributed by atoms with Crippen molar-refractivity contribution in [2.45, 2.75) is 33.6 Å². The first-order valence-electron chi connectivity index (χ1n) is 9.38. The van der Waals surface area contributed by atoms with Crippen molar-refractivity contribution in [3.8, 4) is 0 Å². The number of hydrogen-bond donors (Lipinski definition) is 0. The maximum absolute atomic E-state index is 13.2. The minimum Gasteiger partial charge on any atom is -0.306 e. The zero-order valence-corrected chi connectivity index (χ0v) is 18.1. The average Bonchev–Trinajstić information content (AvgIpc) is 3.21. The molecule has 2 aliphatic heterocycles. The summed E-state index contributed by atoms with van der Waals surface area (Å²) >= 11 is 1.67. The van der Waals surface area contributed by atoms with Gasteiger partial charge in [0, 0.05) is 43.7 Å². The van der Waals surface area contributed by atoms with Gasteiger partial charge in [-0.3, -0.25) is 9.48 Å². The average molecular weight is 413 g/mol. The summed E-state index contributed by atoms with van der Waals surface area (Å²) in [6, 6.07) is 0. The minimum absolute atomic E-state index is 0.0430. The van der Waals surface area contributed by atoms with Crippen LogP contribution in [0.2, 0.25) is 0 Å². The normalized spacial score (nSPS) is 23.3. The molecule has 1 aromatic heterocycles. The lowest BCUT2D eigenvalue weighted by Crippen LogP contribution is -2.46. The summed E-state index contributed by atoms with van der Waals surface area (Å²) < 4.78 is 27.7. The van der Waals surface area contributed by atoms with Crippen molar-refractivity contribution in [2.75, 3.05) is 31.1 Å². The van der Waals surface area contributed by atoms with Crippen LogP contribution in [0.4, 0.5) is 0 Å². The van der Waals surface area contributed by atoms with Crippen LogP contribution < -0.4 is 0 Å². The van der Waals surface area contributed by atoms with Gasteiger partial charge in [-0.1, -0.05) is 0 Å². The second kappa shape index (κ2) is 7.97. The van der Waals surface area contributed by atoms with E-state index >= 15 is 0 Å². The molecule has 2 saturated heterocycles. The topological polar surface area (TPSA) is 75.5 Å². The third-order valence-corrected chi connectivity index (χ3v) is 8.29. The van der Waals surface area contributed by atoms with Crippen LogP contribution in [0.5, 0.6) is 0 Å². The molecule has 0 saturated carbocycles. The Balaban J connectivity index is 1.80. The lowest BCUT2D eigenvalue weighted by molar-refractivity contribution is -0.133. The first-order valence-corrected chi connectivity index (χ1v) is 12.0. The summed E-state index contributed by atoms with van der Waals surface area (Å²) in [5, 5.41) is 5.38. The standard InChI is InChI=1S/C18H28N4O3S2/c1-5-27(24,25)21-8-6-7-15(12-21)18(23)22-9-10-26-17(22)11-16-13(2)19-20(4)14(16)3/h11,15H,5-10,12H2,1-4H3/b17-11+/t15-/m0/s1. The lowest BCUT2D eigenvalue weighted by Gasteiger charge is -2.33. The van der Waals surface area contributed by atoms with Crippen molar-refractivity contribution in [1.82, 2.24) is 19.0 Å². The maximum Gasteiger partial charge on any atom is 0.231 e. The third kappa shape index (κ3) is 4.09. The molecule has 1 amide bonds. The highest BCUT2D eigenvalue weighted by Crippen LogP contribution is 2.34. The molecule has 0 unspecified atom stereocenters. The Kier molecular flexibility index (Phi) is 6.02. The number of nitrogens with zero attached hydrogens (tertiary/aromatic N) is 4. The largest absolute Gasteiger partial charge is 0.306 e. The van der Waals surface area contributed by atoms with E-state index in [2.05, 4.69) is 11.2 Å². The number of hydrogen-bond acceptors (Lipinski definition) is 5. The van der Waals surface area contributed by atoms with E-state index < -0.39 is 10.0 Å². The van der Waals surface area contributed by atoms with Gasteiger partial charge in [-0.25, -0.2) is 12.7 Å². The second-order valence-corrected chi connectivity index (χ2v) is 10.5. The molecule has 3 rings (SSSR count). The summed E-state index contributed by atoms with van der Waals surface area (Å²) in [5.41, 5.74) is 3.07. The monoisotopic (exact) mass is 412 g/mol. The molecule has 1 atom stereocenters. The van der Waals surface area contributed by atoms with E-state index in [1.165, 1.54) is 4.31 Å². The number of aromatic nitrogens is 2. The first kappa shape index (κ1) is 20.4. The van der Waals surface area contributed by atoms with Gasteiger partial charge in [0.25, 0.3) is 0 Å². The molecule has 1 aromatic rings. The van der Waals surface area contributed by atoms with Crippen molar-refractivity contribution in [3.63, 3.8) is 0 Å². The van der Waals surface area contributed by atoms with Crippen molar-refractivity contribution in [2.24, 2.45) is 13.0 Å². The molecule has 3 heterocycles. The molecule has 27 heavy (non-hydrogen) atoms. The highest BCUT2D eigenvalue weighted by molar-refractivity contribution is 8.03. The van der Waals surface area contributed by atoms with Crippen molar-refractivity contribution >= 4 is 33.8 Å². The van der Waals surface area contributed by atoms with Crippen LogP contribution in [0.25, 0.3) is 6.08 Å². The quantitative estimate of drug-likeness (QED) is 0.756. The van der Waals surface area contributed by atoms with Crippen LogP contribution in [0.3, 0.4) is 0 Å². The highest BCUT2D eigenvalue weighted by Gasteiger charge is 2.36. The summed E-state index contributed by atoms with van der Waals surface area (Å²) in [6.07, 6.45) is 3.53. The van der Waals surface area contributed by atoms with Gasteiger partial charge < -0.3 is 4.90 Å². The van der Waals surface area contributed by atoms with Crippen molar-refractivity contribution in [3.05, 3.63) is 22.0 Å². The molecule has 150 valence electrons. The number of rotatable bonds is 4. The second-order valence-electron chi connectivity index (χ2n) is 7.13. The SMILES string of the molecule is CCS(=O)(=O)N1CCC[C@H](C(=O)N2CCS/C2=C/c2c(C)nn(C)c2C)C1. The molecule has 2 fully saturated rings. The van der Waals surface area contributed by atoms with E-state index in [1.54, 1.807) is 18.7 Å². The van der Waals surface area contributed by atoms with E-state index in [-0.39, 0.29) is 17.6 Å². The summed E-state index contributed by atoms with van der Waals surface area (Å²) in [4.78, 5) is 15.0. The highest BCUT2D eigenvalue weighted by atomic mass is 32.2. The van der Waals surface area contributed by atoms with Crippen molar-refractivity contribution in [1.29, 1.82) is 0 Å². The van der Waals surface area contributed by atoms with Crippen LogP contribution in [-0.2, 0) is 21.9 Å². The van der Waals surface area contributed by atoms with E-state index in [1.807, 2.05) is 30.5 Å². The Labute approximate surface area is 165 Å². The van der Waals surface area contributed by atoms with Crippen LogP contribution in [0.15, 0.2) is 5.03 Å². The third-order valence-electron chi connectivity index (χ3n) is 5.42. The van der Waals surface area contributed by atoms with Gasteiger partial charge in [-0.2, -0.15) is 5.10 Å². The van der Waals surface area contributed by atoms with E-state index in [0.717, 1.165) is 40.6 Å². The molecule has 7 nitrogen and oxygen atoms in total. The Hall–Kier alpha value is -1.32. The van der Waals surface area contributed by atoms with Gasteiger partial charge in [0.2, 0.25) is 15.9 Å². The van der Waals surface area contributed by atoms with Crippen molar-refractivity contribution < 1.29 is 13.2 Å². The zero-order valence-electron chi connectivity index (χ0n) is 16.4. The number of aryl methyl sites for hydroxylation is 2. The van der Waals surface area contributed by atoms with Gasteiger partial charge in [0.05, 0.1) is 22.4 Å². The van der Waals surface area contributed by atoms with Gasteiger partial charge in [0.1, 0.15) is 0 Å². The number of amides is 1. The van der Waals surface area contributed by atoms with Gasteiger partial charge >= 0.3 is 0 Å². The fourth-order valence-corrected chi connectivity index (χ4v) is 5.89. The first-order chi connectivity index (χ1) is 12.7. The smallest absolute Gasteiger partial charge is 0.231 e. The summed E-state index contributed by atoms with van der Waals surface area (Å²) in [7, 11) is -1.33. The Bertz CT molecular complexity index is 860. The van der Waals surface area contributed by atoms with E-state index in [0.29, 0.717) is 19.6 Å². The molecule has 0 aromatic carbocycles. The molecular formula is C18H28N4O3S2. The number of carbonyl (C=O) groups excluding carboxylic acids is 1. The number of thioether (sulfide) groups is 1. The summed E-state index contributed by atoms with van der Waals surface area (Å²) in [5.74, 6) is 0.720. The van der Waals surface area contributed by atoms with Gasteiger partial charge in [-0.15, -0.1) is 11.8 Å². The van der Waals surface area contributed by atoms with Crippen LogP contribution in [0.1, 0.15) is 36.7 Å². The Morgan fingerprint density at radius 2 is 2.07 bits per heavy atom. The van der Waals surface area contributed by atoms with Gasteiger partial charge in [-0.05, 0) is 39.7 Å². The van der Waals surface area contributed by atoms with E-state index in [9.17, 15) is 13.2 Å². The van der Waals surface area contributed by atoms with Crippen LogP contribution in [0, 0.1) is 19.8 Å². The lowest BCUT2D eigenvalue weighted by atomic mass is 9.98. The molecule has 9 heteroatoms. The number of piperidine rings is 1. The summed E-state index contributed by atoms with van der Waals surface area (Å²) in [6.45, 7) is 7.13. The molecule has 0 aliphatic carbocycles. The molecule has 0 N–H and O–H groups in total.